The molecule has 0 saturated heterocycles. The minimum atomic E-state index is -1.05. The normalized spacial score (nSPS) is 12.6. The average Bonchev–Trinajstić information content (AvgIpc) is 2.31. The lowest BCUT2D eigenvalue weighted by atomic mass is 10.1. The van der Waals surface area contributed by atoms with Crippen LogP contribution in [0.25, 0.3) is 0 Å². The van der Waals surface area contributed by atoms with Gasteiger partial charge in [0.05, 0.1) is 0 Å². The van der Waals surface area contributed by atoms with Crippen LogP contribution in [0.4, 0.5) is 0 Å². The number of amides is 1. The zero-order valence-electron chi connectivity index (χ0n) is 11.9. The van der Waals surface area contributed by atoms with Crippen LogP contribution in [0.1, 0.15) is 34.1 Å². The second kappa shape index (κ2) is 7.87. The number of hydrogen-bond acceptors (Lipinski definition) is 3. The third kappa shape index (κ3) is 5.82. The first-order valence-electron chi connectivity index (χ1n) is 6.16. The van der Waals surface area contributed by atoms with Crippen molar-refractivity contribution in [2.45, 2.75) is 40.2 Å². The quantitative estimate of drug-likeness (QED) is 0.531. The molecule has 0 saturated carbocycles. The molecule has 2 N–H and O–H groups in total. The molecule has 0 aliphatic carbocycles. The first-order valence-corrected chi connectivity index (χ1v) is 6.16. The zero-order valence-corrected chi connectivity index (χ0v) is 11.9. The van der Waals surface area contributed by atoms with E-state index in [-0.39, 0.29) is 17.1 Å². The molecule has 0 aromatic heterocycles. The van der Waals surface area contributed by atoms with Crippen LogP contribution in [0.15, 0.2) is 11.1 Å². The van der Waals surface area contributed by atoms with E-state index in [0.29, 0.717) is 12.6 Å². The van der Waals surface area contributed by atoms with Gasteiger partial charge in [0.1, 0.15) is 0 Å². The van der Waals surface area contributed by atoms with E-state index >= 15 is 0 Å². The fraction of sp³-hybridized carbons (Fsp3) is 0.692. The van der Waals surface area contributed by atoms with Crippen LogP contribution in [0.3, 0.4) is 0 Å². The summed E-state index contributed by atoms with van der Waals surface area (Å²) in [6, 6.07) is 0.483. The Labute approximate surface area is 109 Å². The lowest BCUT2D eigenvalue weighted by molar-refractivity contribution is -0.133. The number of hydrogen-bond donors (Lipinski definition) is 2. The van der Waals surface area contributed by atoms with Crippen LogP contribution in [0.5, 0.6) is 0 Å². The molecule has 18 heavy (non-hydrogen) atoms. The molecule has 0 radical (unpaired) electrons. The van der Waals surface area contributed by atoms with Crippen molar-refractivity contribution in [1.29, 1.82) is 0 Å². The maximum Gasteiger partial charge on any atom is 0.331 e. The molecule has 0 fully saturated rings. The Kier molecular flexibility index (Phi) is 7.27. The maximum atomic E-state index is 11.6. The average molecular weight is 256 g/mol. The van der Waals surface area contributed by atoms with Crippen LogP contribution < -0.4 is 5.32 Å². The number of carbonyl (C=O) groups is 2. The van der Waals surface area contributed by atoms with Gasteiger partial charge in [0.15, 0.2) is 0 Å². The lowest BCUT2D eigenvalue weighted by Gasteiger charge is -2.20. The number of nitrogens with zero attached hydrogens (tertiary/aromatic N) is 1. The van der Waals surface area contributed by atoms with Gasteiger partial charge in [0.25, 0.3) is 0 Å². The molecule has 1 amide bonds. The largest absolute Gasteiger partial charge is 0.478 e. The van der Waals surface area contributed by atoms with Gasteiger partial charge in [0, 0.05) is 23.7 Å². The van der Waals surface area contributed by atoms with E-state index in [2.05, 4.69) is 24.1 Å². The molecule has 0 aromatic rings. The van der Waals surface area contributed by atoms with Crippen molar-refractivity contribution < 1.29 is 14.7 Å². The van der Waals surface area contributed by atoms with Gasteiger partial charge in [-0.2, -0.15) is 0 Å². The van der Waals surface area contributed by atoms with Crippen LogP contribution in [0, 0.1) is 0 Å². The molecule has 0 aliphatic heterocycles. The first kappa shape index (κ1) is 16.6. The molecular formula is C13H24N2O3. The smallest absolute Gasteiger partial charge is 0.331 e. The van der Waals surface area contributed by atoms with Gasteiger partial charge in [0.2, 0.25) is 5.91 Å². The van der Waals surface area contributed by atoms with E-state index in [1.54, 1.807) is 0 Å². The molecular weight excluding hydrogens is 232 g/mol. The maximum absolute atomic E-state index is 11.6. The Balaban J connectivity index is 4.06. The summed E-state index contributed by atoms with van der Waals surface area (Å²) in [5.41, 5.74) is 0.353. The third-order valence-corrected chi connectivity index (χ3v) is 3.08. The Hall–Kier alpha value is -1.36. The second-order valence-electron chi connectivity index (χ2n) is 4.74. The minimum absolute atomic E-state index is 0.0896. The molecule has 0 aliphatic rings. The number of rotatable bonds is 7. The molecule has 0 bridgehead atoms. The first-order chi connectivity index (χ1) is 8.27. The van der Waals surface area contributed by atoms with Crippen LogP contribution in [-0.4, -0.2) is 48.1 Å². The van der Waals surface area contributed by atoms with E-state index in [4.69, 9.17) is 5.11 Å². The topological polar surface area (TPSA) is 69.6 Å². The predicted molar refractivity (Wildman–Crippen MR) is 71.4 cm³/mol. The fourth-order valence-corrected chi connectivity index (χ4v) is 1.25. The Morgan fingerprint density at radius 2 is 1.78 bits per heavy atom. The molecule has 0 heterocycles. The number of carbonyl (C=O) groups excluding carboxylic acids is 1. The van der Waals surface area contributed by atoms with E-state index in [1.807, 2.05) is 7.05 Å². The summed E-state index contributed by atoms with van der Waals surface area (Å²) in [6.07, 6.45) is 0.847. The highest BCUT2D eigenvalue weighted by atomic mass is 16.4. The van der Waals surface area contributed by atoms with Gasteiger partial charge in [-0.3, -0.25) is 4.79 Å². The molecule has 5 nitrogen and oxygen atoms in total. The summed E-state index contributed by atoms with van der Waals surface area (Å²) in [4.78, 5) is 24.5. The van der Waals surface area contributed by atoms with Crippen molar-refractivity contribution in [1.82, 2.24) is 10.2 Å². The number of carboxylic acids is 1. The molecule has 0 atom stereocenters. The van der Waals surface area contributed by atoms with Crippen molar-refractivity contribution in [3.05, 3.63) is 11.1 Å². The molecule has 104 valence electrons. The Morgan fingerprint density at radius 3 is 2.22 bits per heavy atom. The van der Waals surface area contributed by atoms with Crippen LogP contribution >= 0.6 is 0 Å². The van der Waals surface area contributed by atoms with E-state index in [1.165, 1.54) is 13.8 Å². The molecule has 0 unspecified atom stereocenters. The molecule has 0 aromatic carbocycles. The van der Waals surface area contributed by atoms with Gasteiger partial charge in [-0.25, -0.2) is 4.79 Å². The molecule has 0 rings (SSSR count). The summed E-state index contributed by atoms with van der Waals surface area (Å²) in [5, 5.41) is 11.5. The minimum Gasteiger partial charge on any atom is -0.478 e. The van der Waals surface area contributed by atoms with Gasteiger partial charge in [-0.1, -0.05) is 0 Å². The third-order valence-electron chi connectivity index (χ3n) is 3.08. The van der Waals surface area contributed by atoms with Gasteiger partial charge < -0.3 is 15.3 Å². The summed E-state index contributed by atoms with van der Waals surface area (Å²) >= 11 is 0. The van der Waals surface area contributed by atoms with E-state index in [0.717, 1.165) is 13.0 Å². The number of nitrogens with one attached hydrogen (secondary N) is 1. The summed E-state index contributed by atoms with van der Waals surface area (Å²) in [5.74, 6) is -1.36. The highest BCUT2D eigenvalue weighted by Crippen LogP contribution is 2.03. The highest BCUT2D eigenvalue weighted by Gasteiger charge is 2.12. The zero-order chi connectivity index (χ0) is 14.3. The molecule has 0 spiro atoms. The number of carboxylic acid groups (broad SMARTS) is 1. The fourth-order valence-electron chi connectivity index (χ4n) is 1.25. The summed E-state index contributed by atoms with van der Waals surface area (Å²) < 4.78 is 0. The molecule has 5 heteroatoms. The van der Waals surface area contributed by atoms with Crippen molar-refractivity contribution in [3.8, 4) is 0 Å². The SMILES string of the molecule is CC(C(=O)O)=C(C)C(=O)NCCCN(C)C(C)C. The summed E-state index contributed by atoms with van der Waals surface area (Å²) in [6.45, 7) is 8.64. The van der Waals surface area contributed by atoms with Gasteiger partial charge in [-0.15, -0.1) is 0 Å². The highest BCUT2D eigenvalue weighted by molar-refractivity contribution is 6.01. The monoisotopic (exact) mass is 256 g/mol. The van der Waals surface area contributed by atoms with Crippen LogP contribution in [-0.2, 0) is 9.59 Å². The summed E-state index contributed by atoms with van der Waals surface area (Å²) in [7, 11) is 2.03. The van der Waals surface area contributed by atoms with Crippen molar-refractivity contribution in [3.63, 3.8) is 0 Å². The Bertz CT molecular complexity index is 335. The van der Waals surface area contributed by atoms with Crippen molar-refractivity contribution in [2.75, 3.05) is 20.1 Å². The second-order valence-corrected chi connectivity index (χ2v) is 4.74. The standard InChI is InChI=1S/C13H24N2O3/c1-9(2)15(5)8-6-7-14-12(16)10(3)11(4)13(17)18/h9H,6-8H2,1-5H3,(H,14,16)(H,17,18). The number of aliphatic carboxylic acids is 1. The van der Waals surface area contributed by atoms with Crippen molar-refractivity contribution in [2.24, 2.45) is 0 Å². The lowest BCUT2D eigenvalue weighted by Crippen LogP contribution is -2.32. The van der Waals surface area contributed by atoms with Crippen molar-refractivity contribution >= 4 is 11.9 Å². The van der Waals surface area contributed by atoms with Gasteiger partial charge >= 0.3 is 5.97 Å². The predicted octanol–water partition coefficient (Wildman–Crippen LogP) is 1.25. The van der Waals surface area contributed by atoms with Crippen LogP contribution in [0.2, 0.25) is 0 Å². The van der Waals surface area contributed by atoms with Gasteiger partial charge in [-0.05, 0) is 47.7 Å². The Morgan fingerprint density at radius 1 is 1.22 bits per heavy atom. The van der Waals surface area contributed by atoms with E-state index in [9.17, 15) is 9.59 Å². The van der Waals surface area contributed by atoms with E-state index < -0.39 is 5.97 Å².